The van der Waals surface area contributed by atoms with Crippen molar-refractivity contribution in [3.05, 3.63) is 77.7 Å². The minimum absolute atomic E-state index is 0.290. The van der Waals surface area contributed by atoms with Gasteiger partial charge in [-0.25, -0.2) is 4.39 Å². The van der Waals surface area contributed by atoms with Crippen LogP contribution >= 0.6 is 0 Å². The van der Waals surface area contributed by atoms with Gasteiger partial charge in [0.25, 0.3) is 5.91 Å². The van der Waals surface area contributed by atoms with Crippen molar-refractivity contribution < 1.29 is 14.0 Å². The molecule has 0 bridgehead atoms. The van der Waals surface area contributed by atoms with Gasteiger partial charge in [0.05, 0.1) is 11.6 Å². The van der Waals surface area contributed by atoms with Crippen molar-refractivity contribution in [3.8, 4) is 11.3 Å². The Hall–Kier alpha value is -3.28. The highest BCUT2D eigenvalue weighted by molar-refractivity contribution is 6.00. The highest BCUT2D eigenvalue weighted by Gasteiger charge is 2.20. The summed E-state index contributed by atoms with van der Waals surface area (Å²) in [5, 5.41) is 6.98. The fraction of sp³-hybridized carbons (Fsp3) is 0.150. The van der Waals surface area contributed by atoms with E-state index in [9.17, 15) is 14.0 Å². The number of amides is 1. The molecular formula is C20H18FN3O2. The zero-order valence-electron chi connectivity index (χ0n) is 14.2. The standard InChI is InChI=1S/C20H18FN3O2/c1-24-12-18(19(23-24)15-8-5-9-16(21)11-15)20(26)22-17(13-25)10-14-6-3-2-4-7-14/h2-9,11-13,17H,10H2,1H3,(H,22,26)/t17-/m0/s1. The average molecular weight is 351 g/mol. The molecule has 0 spiro atoms. The van der Waals surface area contributed by atoms with Crippen LogP contribution in [0.25, 0.3) is 11.3 Å². The minimum Gasteiger partial charge on any atom is -0.342 e. The van der Waals surface area contributed by atoms with Crippen LogP contribution in [0.2, 0.25) is 0 Å². The number of benzene rings is 2. The smallest absolute Gasteiger partial charge is 0.255 e. The van der Waals surface area contributed by atoms with Gasteiger partial charge < -0.3 is 10.1 Å². The Labute approximate surface area is 150 Å². The summed E-state index contributed by atoms with van der Waals surface area (Å²) >= 11 is 0. The molecule has 0 aliphatic heterocycles. The topological polar surface area (TPSA) is 64.0 Å². The highest BCUT2D eigenvalue weighted by Crippen LogP contribution is 2.22. The zero-order chi connectivity index (χ0) is 18.5. The van der Waals surface area contributed by atoms with Crippen LogP contribution in [0.5, 0.6) is 0 Å². The molecule has 0 saturated heterocycles. The Kier molecular flexibility index (Phi) is 5.22. The first-order chi connectivity index (χ1) is 12.6. The Morgan fingerprint density at radius 1 is 1.23 bits per heavy atom. The van der Waals surface area contributed by atoms with E-state index in [1.54, 1.807) is 25.4 Å². The van der Waals surface area contributed by atoms with Gasteiger partial charge in [0.1, 0.15) is 17.8 Å². The Morgan fingerprint density at radius 2 is 2.00 bits per heavy atom. The average Bonchev–Trinajstić information content (AvgIpc) is 3.04. The first-order valence-corrected chi connectivity index (χ1v) is 8.16. The predicted octanol–water partition coefficient (Wildman–Crippen LogP) is 2.77. The molecule has 3 aromatic rings. The summed E-state index contributed by atoms with van der Waals surface area (Å²) in [4.78, 5) is 24.1. The summed E-state index contributed by atoms with van der Waals surface area (Å²) in [5.74, 6) is -0.834. The summed E-state index contributed by atoms with van der Waals surface area (Å²) in [6.07, 6.45) is 2.66. The highest BCUT2D eigenvalue weighted by atomic mass is 19.1. The van der Waals surface area contributed by atoms with Crippen molar-refractivity contribution in [2.24, 2.45) is 7.05 Å². The van der Waals surface area contributed by atoms with E-state index in [4.69, 9.17) is 0 Å². The maximum atomic E-state index is 13.5. The van der Waals surface area contributed by atoms with Gasteiger partial charge in [-0.15, -0.1) is 0 Å². The number of nitrogens with one attached hydrogen (secondary N) is 1. The summed E-state index contributed by atoms with van der Waals surface area (Å²) in [7, 11) is 1.68. The first-order valence-electron chi connectivity index (χ1n) is 8.16. The molecule has 1 N–H and O–H groups in total. The lowest BCUT2D eigenvalue weighted by atomic mass is 10.1. The van der Waals surface area contributed by atoms with Gasteiger partial charge in [0.15, 0.2) is 0 Å². The first kappa shape index (κ1) is 17.5. The van der Waals surface area contributed by atoms with Crippen LogP contribution in [0.15, 0.2) is 60.8 Å². The zero-order valence-corrected chi connectivity index (χ0v) is 14.2. The second-order valence-electron chi connectivity index (χ2n) is 5.98. The molecule has 1 heterocycles. The van der Waals surface area contributed by atoms with Crippen molar-refractivity contribution in [2.45, 2.75) is 12.5 Å². The molecule has 5 nitrogen and oxygen atoms in total. The van der Waals surface area contributed by atoms with Crippen LogP contribution in [0, 0.1) is 5.82 Å². The van der Waals surface area contributed by atoms with Gasteiger partial charge in [-0.2, -0.15) is 5.10 Å². The lowest BCUT2D eigenvalue weighted by Gasteiger charge is -2.13. The van der Waals surface area contributed by atoms with Gasteiger partial charge in [-0.3, -0.25) is 9.48 Å². The monoisotopic (exact) mass is 351 g/mol. The minimum atomic E-state index is -0.662. The summed E-state index contributed by atoms with van der Waals surface area (Å²) in [5.41, 5.74) is 2.11. The number of nitrogens with zero attached hydrogens (tertiary/aromatic N) is 2. The van der Waals surface area contributed by atoms with E-state index in [1.807, 2.05) is 30.3 Å². The number of hydrogen-bond acceptors (Lipinski definition) is 3. The van der Waals surface area contributed by atoms with Gasteiger partial charge in [0.2, 0.25) is 0 Å². The lowest BCUT2D eigenvalue weighted by molar-refractivity contribution is -0.109. The summed E-state index contributed by atoms with van der Waals surface area (Å²) < 4.78 is 15.0. The molecule has 3 rings (SSSR count). The third-order valence-electron chi connectivity index (χ3n) is 3.95. The Bertz CT molecular complexity index is 922. The van der Waals surface area contributed by atoms with Crippen LogP contribution in [0.3, 0.4) is 0 Å². The third kappa shape index (κ3) is 4.03. The number of aromatic nitrogens is 2. The van der Waals surface area contributed by atoms with Gasteiger partial charge in [-0.1, -0.05) is 42.5 Å². The van der Waals surface area contributed by atoms with Crippen molar-refractivity contribution in [1.82, 2.24) is 15.1 Å². The van der Waals surface area contributed by atoms with Crippen molar-refractivity contribution in [1.29, 1.82) is 0 Å². The number of aryl methyl sites for hydroxylation is 1. The summed E-state index contributed by atoms with van der Waals surface area (Å²) in [6.45, 7) is 0. The number of hydrogen-bond donors (Lipinski definition) is 1. The number of halogens is 1. The molecule has 0 fully saturated rings. The molecule has 0 saturated carbocycles. The molecule has 0 unspecified atom stereocenters. The van der Waals surface area contributed by atoms with Crippen LogP contribution in [-0.4, -0.2) is 28.0 Å². The Morgan fingerprint density at radius 3 is 2.69 bits per heavy atom. The van der Waals surface area contributed by atoms with Crippen molar-refractivity contribution in [3.63, 3.8) is 0 Å². The van der Waals surface area contributed by atoms with Crippen LogP contribution in [0.1, 0.15) is 15.9 Å². The molecular weight excluding hydrogens is 333 g/mol. The van der Waals surface area contributed by atoms with E-state index in [0.29, 0.717) is 24.0 Å². The third-order valence-corrected chi connectivity index (χ3v) is 3.95. The normalized spacial score (nSPS) is 11.8. The van der Waals surface area contributed by atoms with Crippen LogP contribution < -0.4 is 5.32 Å². The quantitative estimate of drug-likeness (QED) is 0.695. The van der Waals surface area contributed by atoms with E-state index in [-0.39, 0.29) is 5.56 Å². The fourth-order valence-corrected chi connectivity index (χ4v) is 2.75. The fourth-order valence-electron chi connectivity index (χ4n) is 2.75. The second-order valence-corrected chi connectivity index (χ2v) is 5.98. The molecule has 2 aromatic carbocycles. The SMILES string of the molecule is Cn1cc(C(=O)N[C@H](C=O)Cc2ccccc2)c(-c2cccc(F)c2)n1. The van der Waals surface area contributed by atoms with Gasteiger partial charge >= 0.3 is 0 Å². The van der Waals surface area contributed by atoms with E-state index in [1.165, 1.54) is 16.8 Å². The van der Waals surface area contributed by atoms with Gasteiger partial charge in [0, 0.05) is 18.8 Å². The van der Waals surface area contributed by atoms with Crippen molar-refractivity contribution in [2.75, 3.05) is 0 Å². The number of carbonyl (C=O) groups excluding carboxylic acids is 2. The second kappa shape index (κ2) is 7.74. The molecule has 132 valence electrons. The number of aldehydes is 1. The molecule has 26 heavy (non-hydrogen) atoms. The number of rotatable bonds is 6. The molecule has 6 heteroatoms. The maximum absolute atomic E-state index is 13.5. The summed E-state index contributed by atoms with van der Waals surface area (Å²) in [6, 6.07) is 14.7. The van der Waals surface area contributed by atoms with E-state index in [2.05, 4.69) is 10.4 Å². The lowest BCUT2D eigenvalue weighted by Crippen LogP contribution is -2.37. The van der Waals surface area contributed by atoms with E-state index >= 15 is 0 Å². The molecule has 0 aliphatic rings. The Balaban J connectivity index is 1.82. The molecule has 1 amide bonds. The number of carbonyl (C=O) groups is 2. The predicted molar refractivity (Wildman–Crippen MR) is 96.1 cm³/mol. The largest absolute Gasteiger partial charge is 0.342 e. The molecule has 0 radical (unpaired) electrons. The maximum Gasteiger partial charge on any atom is 0.255 e. The molecule has 0 aliphatic carbocycles. The van der Waals surface area contributed by atoms with E-state index in [0.717, 1.165) is 5.56 Å². The molecule has 1 atom stereocenters. The molecule has 1 aromatic heterocycles. The van der Waals surface area contributed by atoms with Crippen LogP contribution in [-0.2, 0) is 18.3 Å². The van der Waals surface area contributed by atoms with Crippen molar-refractivity contribution >= 4 is 12.2 Å². The van der Waals surface area contributed by atoms with Crippen LogP contribution in [0.4, 0.5) is 4.39 Å². The van der Waals surface area contributed by atoms with E-state index < -0.39 is 17.8 Å². The van der Waals surface area contributed by atoms with Gasteiger partial charge in [-0.05, 0) is 24.1 Å².